The number of halogens is 1. The van der Waals surface area contributed by atoms with Gasteiger partial charge in [-0.05, 0) is 58.6 Å². The van der Waals surface area contributed by atoms with Crippen LogP contribution in [0.5, 0.6) is 0 Å². The van der Waals surface area contributed by atoms with Crippen molar-refractivity contribution in [3.8, 4) is 11.5 Å². The van der Waals surface area contributed by atoms with Crippen molar-refractivity contribution in [3.63, 3.8) is 0 Å². The average molecular weight is 569 g/mol. The van der Waals surface area contributed by atoms with Crippen molar-refractivity contribution in [3.05, 3.63) is 41.8 Å². The lowest BCUT2D eigenvalue weighted by atomic mass is 9.98. The van der Waals surface area contributed by atoms with Crippen molar-refractivity contribution < 1.29 is 13.9 Å². The van der Waals surface area contributed by atoms with Crippen LogP contribution in [0, 0.1) is 12.8 Å². The molecule has 33 heavy (non-hydrogen) atoms. The van der Waals surface area contributed by atoms with Gasteiger partial charge in [-0.25, -0.2) is 9.78 Å². The maximum absolute atomic E-state index is 12.4. The van der Waals surface area contributed by atoms with Gasteiger partial charge in [-0.1, -0.05) is 17.7 Å². The summed E-state index contributed by atoms with van der Waals surface area (Å²) in [5.74, 6) is 1.64. The molecule has 1 aromatic carbocycles. The summed E-state index contributed by atoms with van der Waals surface area (Å²) in [4.78, 5) is 23.0. The highest BCUT2D eigenvalue weighted by Gasteiger charge is 2.27. The van der Waals surface area contributed by atoms with Crippen LogP contribution in [0.25, 0.3) is 11.5 Å². The van der Waals surface area contributed by atoms with Crippen molar-refractivity contribution in [1.82, 2.24) is 20.5 Å². The maximum Gasteiger partial charge on any atom is 0.410 e. The number of piperidine rings is 1. The average Bonchev–Trinajstić information content (AvgIpc) is 3.22. The quantitative estimate of drug-likeness (QED) is 0.311. The molecule has 1 saturated heterocycles. The highest BCUT2D eigenvalue weighted by molar-refractivity contribution is 14.0. The fourth-order valence-corrected chi connectivity index (χ4v) is 3.58. The lowest BCUT2D eigenvalue weighted by molar-refractivity contribution is 0.0168. The number of oxazole rings is 1. The number of benzene rings is 1. The number of carbonyl (C=O) groups is 1. The van der Waals surface area contributed by atoms with E-state index < -0.39 is 5.60 Å². The van der Waals surface area contributed by atoms with Crippen LogP contribution in [0.2, 0.25) is 0 Å². The third-order valence-electron chi connectivity index (χ3n) is 5.24. The Bertz CT molecular complexity index is 921. The van der Waals surface area contributed by atoms with Crippen LogP contribution >= 0.6 is 24.0 Å². The first-order valence-corrected chi connectivity index (χ1v) is 11.2. The lowest BCUT2D eigenvalue weighted by Gasteiger charge is -2.34. The van der Waals surface area contributed by atoms with Gasteiger partial charge in [-0.15, -0.1) is 24.0 Å². The van der Waals surface area contributed by atoms with Gasteiger partial charge in [0.1, 0.15) is 11.9 Å². The Morgan fingerprint density at radius 2 is 2.00 bits per heavy atom. The molecule has 0 aliphatic carbocycles. The molecule has 0 spiro atoms. The van der Waals surface area contributed by atoms with E-state index in [0.29, 0.717) is 30.9 Å². The number of carbonyl (C=O) groups excluding carboxylic acids is 1. The number of ether oxygens (including phenoxy) is 1. The fourth-order valence-electron chi connectivity index (χ4n) is 3.58. The van der Waals surface area contributed by atoms with Gasteiger partial charge in [-0.3, -0.25) is 4.99 Å². The highest BCUT2D eigenvalue weighted by atomic mass is 127. The summed E-state index contributed by atoms with van der Waals surface area (Å²) in [6.45, 7) is 10.4. The van der Waals surface area contributed by atoms with E-state index in [-0.39, 0.29) is 30.1 Å². The Morgan fingerprint density at radius 1 is 1.27 bits per heavy atom. The third kappa shape index (κ3) is 8.53. The van der Waals surface area contributed by atoms with Gasteiger partial charge in [0.15, 0.2) is 5.96 Å². The molecule has 2 aromatic rings. The molecule has 0 radical (unpaired) electrons. The fraction of sp³-hybridized carbons (Fsp3) is 0.542. The van der Waals surface area contributed by atoms with Crippen LogP contribution in [0.15, 0.2) is 39.9 Å². The van der Waals surface area contributed by atoms with Crippen molar-refractivity contribution in [2.75, 3.05) is 26.7 Å². The number of hydrogen-bond donors (Lipinski definition) is 2. The van der Waals surface area contributed by atoms with Gasteiger partial charge in [0, 0.05) is 32.2 Å². The zero-order valence-electron chi connectivity index (χ0n) is 20.2. The molecule has 1 aliphatic rings. The number of nitrogens with one attached hydrogen (secondary N) is 2. The number of nitrogens with zero attached hydrogens (tertiary/aromatic N) is 3. The van der Waals surface area contributed by atoms with Gasteiger partial charge in [0.05, 0.1) is 12.2 Å². The molecule has 8 nitrogen and oxygen atoms in total. The molecular weight excluding hydrogens is 533 g/mol. The number of amides is 1. The van der Waals surface area contributed by atoms with Gasteiger partial charge in [-0.2, -0.15) is 0 Å². The number of aliphatic imine (C=N–C) groups is 1. The molecule has 1 unspecified atom stereocenters. The molecule has 3 rings (SSSR count). The van der Waals surface area contributed by atoms with E-state index >= 15 is 0 Å². The normalized spacial score (nSPS) is 16.7. The minimum Gasteiger partial charge on any atom is -0.444 e. The lowest BCUT2D eigenvalue weighted by Crippen LogP contribution is -2.47. The standard InChI is InChI=1S/C24H35N5O3.HI/c1-17-8-10-19(11-9-17)21-28-20(16-31-21)14-27-22(25-5)26-13-18-7-6-12-29(15-18)23(30)32-24(2,3)4;/h8-11,16,18H,6-7,12-15H2,1-5H3,(H2,25,26,27);1H. The molecule has 2 N–H and O–H groups in total. The molecule has 1 atom stereocenters. The van der Waals surface area contributed by atoms with Crippen molar-refractivity contribution in [2.24, 2.45) is 10.9 Å². The van der Waals surface area contributed by atoms with Gasteiger partial charge < -0.3 is 24.7 Å². The predicted molar refractivity (Wildman–Crippen MR) is 141 cm³/mol. The third-order valence-corrected chi connectivity index (χ3v) is 5.24. The molecule has 0 bridgehead atoms. The van der Waals surface area contributed by atoms with E-state index in [1.807, 2.05) is 45.0 Å². The first kappa shape index (κ1) is 26.9. The summed E-state index contributed by atoms with van der Waals surface area (Å²) in [5.41, 5.74) is 2.48. The first-order valence-electron chi connectivity index (χ1n) is 11.2. The Morgan fingerprint density at radius 3 is 2.67 bits per heavy atom. The summed E-state index contributed by atoms with van der Waals surface area (Å²) in [7, 11) is 1.74. The number of guanidine groups is 1. The second-order valence-corrected chi connectivity index (χ2v) is 9.25. The molecule has 0 saturated carbocycles. The molecule has 1 fully saturated rings. The maximum atomic E-state index is 12.4. The molecular formula is C24H36IN5O3. The van der Waals surface area contributed by atoms with Crippen LogP contribution in [-0.4, -0.2) is 54.2 Å². The van der Waals surface area contributed by atoms with Crippen LogP contribution < -0.4 is 10.6 Å². The smallest absolute Gasteiger partial charge is 0.410 e. The number of aromatic nitrogens is 1. The Labute approximate surface area is 213 Å². The van der Waals surface area contributed by atoms with Gasteiger partial charge >= 0.3 is 6.09 Å². The van der Waals surface area contributed by atoms with Crippen LogP contribution in [-0.2, 0) is 11.3 Å². The van der Waals surface area contributed by atoms with E-state index in [4.69, 9.17) is 9.15 Å². The number of rotatable bonds is 5. The Hall–Kier alpha value is -2.30. The molecule has 1 aromatic heterocycles. The van der Waals surface area contributed by atoms with E-state index in [9.17, 15) is 4.79 Å². The van der Waals surface area contributed by atoms with Crippen molar-refractivity contribution >= 4 is 36.0 Å². The molecule has 1 aliphatic heterocycles. The van der Waals surface area contributed by atoms with E-state index in [0.717, 1.165) is 37.2 Å². The topological polar surface area (TPSA) is 92.0 Å². The summed E-state index contributed by atoms with van der Waals surface area (Å²) in [6.07, 6.45) is 3.46. The minimum atomic E-state index is -0.478. The summed E-state index contributed by atoms with van der Waals surface area (Å²) in [6, 6.07) is 8.09. The Balaban J connectivity index is 0.00000385. The zero-order valence-corrected chi connectivity index (χ0v) is 22.5. The van der Waals surface area contributed by atoms with Crippen LogP contribution in [0.3, 0.4) is 0 Å². The summed E-state index contributed by atoms with van der Waals surface area (Å²) in [5, 5.41) is 6.64. The van der Waals surface area contributed by atoms with Crippen LogP contribution in [0.1, 0.15) is 44.9 Å². The number of aryl methyl sites for hydroxylation is 1. The van der Waals surface area contributed by atoms with E-state index in [2.05, 4.69) is 27.5 Å². The van der Waals surface area contributed by atoms with E-state index in [1.165, 1.54) is 5.56 Å². The molecule has 1 amide bonds. The summed E-state index contributed by atoms with van der Waals surface area (Å²) < 4.78 is 11.1. The van der Waals surface area contributed by atoms with Gasteiger partial charge in [0.2, 0.25) is 5.89 Å². The monoisotopic (exact) mass is 569 g/mol. The zero-order chi connectivity index (χ0) is 23.1. The first-order chi connectivity index (χ1) is 15.2. The van der Waals surface area contributed by atoms with Crippen LogP contribution in [0.4, 0.5) is 4.79 Å². The molecule has 2 heterocycles. The largest absolute Gasteiger partial charge is 0.444 e. The number of likely N-dealkylation sites (tertiary alicyclic amines) is 1. The Kier molecular flexibility index (Phi) is 10.00. The van der Waals surface area contributed by atoms with E-state index in [1.54, 1.807) is 18.2 Å². The SMILES string of the molecule is CN=C(NCc1coc(-c2ccc(C)cc2)n1)NCC1CCCN(C(=O)OC(C)(C)C)C1.I. The molecule has 9 heteroatoms. The predicted octanol–water partition coefficient (Wildman–Crippen LogP) is 4.58. The van der Waals surface area contributed by atoms with Crippen molar-refractivity contribution in [2.45, 2.75) is 52.7 Å². The highest BCUT2D eigenvalue weighted by Crippen LogP contribution is 2.20. The second kappa shape index (κ2) is 12.2. The van der Waals surface area contributed by atoms with Gasteiger partial charge in [0.25, 0.3) is 0 Å². The second-order valence-electron chi connectivity index (χ2n) is 9.25. The van der Waals surface area contributed by atoms with Crippen molar-refractivity contribution in [1.29, 1.82) is 0 Å². The number of hydrogen-bond acceptors (Lipinski definition) is 5. The summed E-state index contributed by atoms with van der Waals surface area (Å²) >= 11 is 0. The molecule has 182 valence electrons. The minimum absolute atomic E-state index is 0.